The van der Waals surface area contributed by atoms with Gasteiger partial charge in [-0.2, -0.15) is 5.10 Å². The summed E-state index contributed by atoms with van der Waals surface area (Å²) in [5.74, 6) is 1.03. The standard InChI is InChI=1S/C9H13N5/c1-14-5-4-11-9(14)7-10-6-8-2-3-12-13-8/h2-5,10H,6-7H2,1H3,(H,12,13). The first-order chi connectivity index (χ1) is 6.86. The van der Waals surface area contributed by atoms with Gasteiger partial charge in [0, 0.05) is 37.9 Å². The fraction of sp³-hybridized carbons (Fsp3) is 0.333. The van der Waals surface area contributed by atoms with E-state index in [0.29, 0.717) is 0 Å². The lowest BCUT2D eigenvalue weighted by Crippen LogP contribution is -2.15. The van der Waals surface area contributed by atoms with Crippen LogP contribution in [0.2, 0.25) is 0 Å². The molecule has 74 valence electrons. The number of H-pyrrole nitrogens is 1. The van der Waals surface area contributed by atoms with E-state index >= 15 is 0 Å². The molecule has 0 aromatic carbocycles. The van der Waals surface area contributed by atoms with Crippen LogP contribution in [0.1, 0.15) is 11.5 Å². The van der Waals surface area contributed by atoms with E-state index in [-0.39, 0.29) is 0 Å². The molecule has 2 rings (SSSR count). The summed E-state index contributed by atoms with van der Waals surface area (Å²) < 4.78 is 2.00. The summed E-state index contributed by atoms with van der Waals surface area (Å²) in [6, 6.07) is 1.95. The molecule has 5 nitrogen and oxygen atoms in total. The zero-order valence-corrected chi connectivity index (χ0v) is 8.07. The van der Waals surface area contributed by atoms with Crippen molar-refractivity contribution < 1.29 is 0 Å². The molecule has 0 unspecified atom stereocenters. The van der Waals surface area contributed by atoms with Crippen LogP contribution in [-0.4, -0.2) is 19.7 Å². The molecule has 0 spiro atoms. The fourth-order valence-electron chi connectivity index (χ4n) is 1.26. The number of imidazole rings is 1. The first kappa shape index (κ1) is 8.96. The van der Waals surface area contributed by atoms with Crippen LogP contribution in [0.25, 0.3) is 0 Å². The van der Waals surface area contributed by atoms with E-state index in [4.69, 9.17) is 0 Å². The molecular formula is C9H13N5. The minimum atomic E-state index is 0.766. The lowest BCUT2D eigenvalue weighted by molar-refractivity contribution is 0.629. The van der Waals surface area contributed by atoms with Crippen molar-refractivity contribution >= 4 is 0 Å². The quantitative estimate of drug-likeness (QED) is 0.737. The Kier molecular flexibility index (Phi) is 2.60. The molecule has 2 N–H and O–H groups in total. The van der Waals surface area contributed by atoms with Crippen molar-refractivity contribution in [2.75, 3.05) is 0 Å². The highest BCUT2D eigenvalue weighted by Crippen LogP contribution is 1.95. The van der Waals surface area contributed by atoms with Gasteiger partial charge in [-0.05, 0) is 6.07 Å². The Balaban J connectivity index is 1.81. The van der Waals surface area contributed by atoms with Crippen molar-refractivity contribution in [3.63, 3.8) is 0 Å². The minimum absolute atomic E-state index is 0.766. The van der Waals surface area contributed by atoms with Crippen LogP contribution in [0.15, 0.2) is 24.7 Å². The molecule has 5 heteroatoms. The number of aromatic nitrogens is 4. The van der Waals surface area contributed by atoms with Crippen LogP contribution in [0.3, 0.4) is 0 Å². The second-order valence-electron chi connectivity index (χ2n) is 3.14. The topological polar surface area (TPSA) is 58.5 Å². The largest absolute Gasteiger partial charge is 0.337 e. The summed E-state index contributed by atoms with van der Waals surface area (Å²) >= 11 is 0. The van der Waals surface area contributed by atoms with E-state index < -0.39 is 0 Å². The highest BCUT2D eigenvalue weighted by Gasteiger charge is 1.98. The summed E-state index contributed by atoms with van der Waals surface area (Å²) in [5.41, 5.74) is 1.08. The second-order valence-corrected chi connectivity index (χ2v) is 3.14. The van der Waals surface area contributed by atoms with E-state index in [1.165, 1.54) is 0 Å². The molecule has 0 aliphatic heterocycles. The summed E-state index contributed by atoms with van der Waals surface area (Å²) in [5, 5.41) is 10.0. The van der Waals surface area contributed by atoms with Crippen LogP contribution in [-0.2, 0) is 20.1 Å². The van der Waals surface area contributed by atoms with Gasteiger partial charge in [0.05, 0.1) is 6.54 Å². The zero-order chi connectivity index (χ0) is 9.80. The predicted molar refractivity (Wildman–Crippen MR) is 52.3 cm³/mol. The van der Waals surface area contributed by atoms with Gasteiger partial charge in [0.1, 0.15) is 5.82 Å². The average molecular weight is 191 g/mol. The first-order valence-electron chi connectivity index (χ1n) is 4.51. The van der Waals surface area contributed by atoms with Crippen molar-refractivity contribution in [1.82, 2.24) is 25.1 Å². The minimum Gasteiger partial charge on any atom is -0.337 e. The monoisotopic (exact) mass is 191 g/mol. The van der Waals surface area contributed by atoms with Crippen LogP contribution in [0.4, 0.5) is 0 Å². The highest BCUT2D eigenvalue weighted by atomic mass is 15.1. The predicted octanol–water partition coefficient (Wildman–Crippen LogP) is 0.433. The molecule has 0 atom stereocenters. The van der Waals surface area contributed by atoms with Gasteiger partial charge in [0.25, 0.3) is 0 Å². The maximum atomic E-state index is 4.21. The maximum Gasteiger partial charge on any atom is 0.122 e. The Bertz CT molecular complexity index is 376. The summed E-state index contributed by atoms with van der Waals surface area (Å²) in [4.78, 5) is 4.21. The van der Waals surface area contributed by atoms with Crippen molar-refractivity contribution in [2.24, 2.45) is 7.05 Å². The molecule has 0 bridgehead atoms. The van der Waals surface area contributed by atoms with Gasteiger partial charge in [-0.15, -0.1) is 0 Å². The van der Waals surface area contributed by atoms with E-state index in [1.54, 1.807) is 12.4 Å². The molecule has 0 aliphatic carbocycles. The average Bonchev–Trinajstić information content (AvgIpc) is 2.78. The van der Waals surface area contributed by atoms with Crippen LogP contribution >= 0.6 is 0 Å². The maximum absolute atomic E-state index is 4.21. The smallest absolute Gasteiger partial charge is 0.122 e. The SMILES string of the molecule is Cn1ccnc1CNCc1ccn[nH]1. The van der Waals surface area contributed by atoms with Crippen molar-refractivity contribution in [2.45, 2.75) is 13.1 Å². The second kappa shape index (κ2) is 4.06. The van der Waals surface area contributed by atoms with Gasteiger partial charge in [0.2, 0.25) is 0 Å². The third kappa shape index (κ3) is 2.00. The molecule has 0 radical (unpaired) electrons. The number of nitrogens with zero attached hydrogens (tertiary/aromatic N) is 3. The first-order valence-corrected chi connectivity index (χ1v) is 4.51. The lowest BCUT2D eigenvalue weighted by atomic mass is 10.4. The normalized spacial score (nSPS) is 10.6. The molecule has 0 fully saturated rings. The van der Waals surface area contributed by atoms with Gasteiger partial charge in [-0.3, -0.25) is 5.10 Å². The summed E-state index contributed by atoms with van der Waals surface area (Å²) in [7, 11) is 1.99. The van der Waals surface area contributed by atoms with E-state index in [0.717, 1.165) is 24.6 Å². The van der Waals surface area contributed by atoms with Gasteiger partial charge in [-0.25, -0.2) is 4.98 Å². The van der Waals surface area contributed by atoms with Gasteiger partial charge >= 0.3 is 0 Å². The molecule has 2 heterocycles. The number of aromatic amines is 1. The number of nitrogens with one attached hydrogen (secondary N) is 2. The summed E-state index contributed by atoms with van der Waals surface area (Å²) in [6.07, 6.45) is 5.48. The van der Waals surface area contributed by atoms with Gasteiger partial charge in [0.15, 0.2) is 0 Å². The molecule has 0 saturated carbocycles. The molecule has 0 amide bonds. The molecule has 14 heavy (non-hydrogen) atoms. The molecule has 2 aromatic rings. The van der Waals surface area contributed by atoms with Crippen LogP contribution in [0, 0.1) is 0 Å². The van der Waals surface area contributed by atoms with Crippen molar-refractivity contribution in [3.8, 4) is 0 Å². The lowest BCUT2D eigenvalue weighted by Gasteiger charge is -2.02. The van der Waals surface area contributed by atoms with Gasteiger partial charge in [-0.1, -0.05) is 0 Å². The Morgan fingerprint density at radius 3 is 3.00 bits per heavy atom. The summed E-state index contributed by atoms with van der Waals surface area (Å²) in [6.45, 7) is 1.55. The van der Waals surface area contributed by atoms with Crippen LogP contribution < -0.4 is 5.32 Å². The highest BCUT2D eigenvalue weighted by molar-refractivity contribution is 4.97. The van der Waals surface area contributed by atoms with E-state index in [9.17, 15) is 0 Å². The third-order valence-electron chi connectivity index (χ3n) is 2.08. The third-order valence-corrected chi connectivity index (χ3v) is 2.08. The number of aryl methyl sites for hydroxylation is 1. The molecular weight excluding hydrogens is 178 g/mol. The van der Waals surface area contributed by atoms with Crippen molar-refractivity contribution in [3.05, 3.63) is 36.2 Å². The Labute approximate surface area is 82.2 Å². The molecule has 0 aliphatic rings. The molecule has 0 saturated heterocycles. The number of rotatable bonds is 4. The Morgan fingerprint density at radius 2 is 2.36 bits per heavy atom. The van der Waals surface area contributed by atoms with Crippen molar-refractivity contribution in [1.29, 1.82) is 0 Å². The zero-order valence-electron chi connectivity index (χ0n) is 8.07. The number of hydrogen-bond acceptors (Lipinski definition) is 3. The van der Waals surface area contributed by atoms with Gasteiger partial charge < -0.3 is 9.88 Å². The Morgan fingerprint density at radius 1 is 1.43 bits per heavy atom. The Hall–Kier alpha value is -1.62. The fourth-order valence-corrected chi connectivity index (χ4v) is 1.26. The molecule has 2 aromatic heterocycles. The van der Waals surface area contributed by atoms with Crippen LogP contribution in [0.5, 0.6) is 0 Å². The van der Waals surface area contributed by atoms with E-state index in [2.05, 4.69) is 20.5 Å². The van der Waals surface area contributed by atoms with E-state index in [1.807, 2.05) is 23.9 Å². The number of hydrogen-bond donors (Lipinski definition) is 2.